The Labute approximate surface area is 169 Å². The first kappa shape index (κ1) is 20.5. The topological polar surface area (TPSA) is 59.3 Å². The molecule has 1 aromatic heterocycles. The molecule has 2 aromatic carbocycles. The second kappa shape index (κ2) is 8.45. The lowest BCUT2D eigenvalue weighted by molar-refractivity contribution is -0.120. The van der Waals surface area contributed by atoms with Crippen LogP contribution in [0.1, 0.15) is 18.2 Å². The number of carbonyl (C=O) groups is 1. The Morgan fingerprint density at radius 1 is 1.17 bits per heavy atom. The number of nitrogens with one attached hydrogen (secondary N) is 1. The van der Waals surface area contributed by atoms with Crippen LogP contribution in [-0.2, 0) is 18.4 Å². The van der Waals surface area contributed by atoms with E-state index < -0.39 is 6.04 Å². The van der Waals surface area contributed by atoms with E-state index in [0.717, 1.165) is 11.3 Å². The molecular weight excluding hydrogens is 371 g/mol. The van der Waals surface area contributed by atoms with Gasteiger partial charge in [-0.2, -0.15) is 0 Å². The number of para-hydroxylation sites is 1. The van der Waals surface area contributed by atoms with E-state index in [1.807, 2.05) is 36.4 Å². The molecule has 0 radical (unpaired) electrons. The van der Waals surface area contributed by atoms with Crippen LogP contribution in [0.3, 0.4) is 0 Å². The SMILES string of the molecule is Cc1c(NC(=O)C(C)N(C)Cc2cccc(F)c2)c(=O)n(-c2ccccc2)n1C. The molecule has 0 aliphatic rings. The van der Waals surface area contributed by atoms with Crippen LogP contribution in [0.15, 0.2) is 59.4 Å². The van der Waals surface area contributed by atoms with E-state index in [1.54, 1.807) is 43.6 Å². The highest BCUT2D eigenvalue weighted by Crippen LogP contribution is 2.15. The third-order valence-corrected chi connectivity index (χ3v) is 5.16. The third-order valence-electron chi connectivity index (χ3n) is 5.16. The average molecular weight is 396 g/mol. The summed E-state index contributed by atoms with van der Waals surface area (Å²) in [5.41, 5.74) is 2.12. The average Bonchev–Trinajstić information content (AvgIpc) is 2.91. The highest BCUT2D eigenvalue weighted by atomic mass is 19.1. The summed E-state index contributed by atoms with van der Waals surface area (Å²) in [4.78, 5) is 27.5. The summed E-state index contributed by atoms with van der Waals surface area (Å²) in [6.45, 7) is 3.95. The van der Waals surface area contributed by atoms with Gasteiger partial charge in [0, 0.05) is 13.6 Å². The molecule has 1 amide bonds. The molecule has 6 nitrogen and oxygen atoms in total. The summed E-state index contributed by atoms with van der Waals surface area (Å²) < 4.78 is 16.6. The summed E-state index contributed by atoms with van der Waals surface area (Å²) in [5.74, 6) is -0.607. The normalized spacial score (nSPS) is 12.2. The van der Waals surface area contributed by atoms with Crippen molar-refractivity contribution in [3.05, 3.63) is 82.0 Å². The molecule has 1 heterocycles. The molecule has 152 valence electrons. The number of aromatic nitrogens is 2. The number of carbonyl (C=O) groups excluding carboxylic acids is 1. The number of hydrogen-bond acceptors (Lipinski definition) is 3. The van der Waals surface area contributed by atoms with Gasteiger partial charge in [-0.15, -0.1) is 0 Å². The molecule has 7 heteroatoms. The predicted octanol–water partition coefficient (Wildman–Crippen LogP) is 3.08. The number of anilines is 1. The molecule has 0 aliphatic heterocycles. The lowest BCUT2D eigenvalue weighted by atomic mass is 10.2. The number of nitrogens with zero attached hydrogens (tertiary/aromatic N) is 3. The number of likely N-dealkylation sites (N-methyl/N-ethyl adjacent to an activating group) is 1. The van der Waals surface area contributed by atoms with Gasteiger partial charge in [0.15, 0.2) is 0 Å². The van der Waals surface area contributed by atoms with E-state index in [-0.39, 0.29) is 23.0 Å². The maximum atomic E-state index is 13.4. The predicted molar refractivity (Wildman–Crippen MR) is 112 cm³/mol. The largest absolute Gasteiger partial charge is 0.319 e. The Morgan fingerprint density at radius 2 is 1.86 bits per heavy atom. The van der Waals surface area contributed by atoms with Crippen molar-refractivity contribution in [3.63, 3.8) is 0 Å². The van der Waals surface area contributed by atoms with Crippen molar-refractivity contribution in [2.24, 2.45) is 7.05 Å². The number of benzene rings is 2. The van der Waals surface area contributed by atoms with Gasteiger partial charge >= 0.3 is 0 Å². The van der Waals surface area contributed by atoms with Gasteiger partial charge in [0.25, 0.3) is 5.56 Å². The zero-order chi connectivity index (χ0) is 21.1. The number of halogens is 1. The van der Waals surface area contributed by atoms with E-state index in [1.165, 1.54) is 16.8 Å². The van der Waals surface area contributed by atoms with Crippen molar-refractivity contribution >= 4 is 11.6 Å². The molecule has 1 N–H and O–H groups in total. The van der Waals surface area contributed by atoms with Gasteiger partial charge in [-0.05, 0) is 50.7 Å². The summed E-state index contributed by atoms with van der Waals surface area (Å²) in [7, 11) is 3.56. The van der Waals surface area contributed by atoms with Crippen molar-refractivity contribution in [3.8, 4) is 5.69 Å². The Kier molecular flexibility index (Phi) is 5.98. The van der Waals surface area contributed by atoms with E-state index >= 15 is 0 Å². The molecule has 3 aromatic rings. The second-order valence-corrected chi connectivity index (χ2v) is 7.15. The maximum Gasteiger partial charge on any atom is 0.295 e. The van der Waals surface area contributed by atoms with Crippen molar-refractivity contribution in [2.75, 3.05) is 12.4 Å². The van der Waals surface area contributed by atoms with Crippen LogP contribution in [0.25, 0.3) is 5.69 Å². The van der Waals surface area contributed by atoms with Crippen LogP contribution in [0.4, 0.5) is 10.1 Å². The van der Waals surface area contributed by atoms with Crippen molar-refractivity contribution in [2.45, 2.75) is 26.4 Å². The van der Waals surface area contributed by atoms with E-state index in [0.29, 0.717) is 12.2 Å². The Bertz CT molecular complexity index is 1070. The molecule has 0 spiro atoms. The van der Waals surface area contributed by atoms with Crippen LogP contribution >= 0.6 is 0 Å². The Morgan fingerprint density at radius 3 is 2.52 bits per heavy atom. The molecule has 0 fully saturated rings. The smallest absolute Gasteiger partial charge is 0.295 e. The minimum absolute atomic E-state index is 0.257. The highest BCUT2D eigenvalue weighted by molar-refractivity contribution is 5.94. The van der Waals surface area contributed by atoms with Crippen LogP contribution in [0.5, 0.6) is 0 Å². The molecule has 0 bridgehead atoms. The lowest BCUT2D eigenvalue weighted by Crippen LogP contribution is -2.40. The quantitative estimate of drug-likeness (QED) is 0.697. The first-order valence-corrected chi connectivity index (χ1v) is 9.39. The van der Waals surface area contributed by atoms with Gasteiger partial charge in [-0.1, -0.05) is 30.3 Å². The van der Waals surface area contributed by atoms with Crippen LogP contribution in [0, 0.1) is 12.7 Å². The van der Waals surface area contributed by atoms with Gasteiger partial charge in [-0.25, -0.2) is 9.07 Å². The van der Waals surface area contributed by atoms with Gasteiger partial charge in [-0.3, -0.25) is 19.2 Å². The van der Waals surface area contributed by atoms with Gasteiger partial charge < -0.3 is 5.32 Å². The molecule has 29 heavy (non-hydrogen) atoms. The van der Waals surface area contributed by atoms with Gasteiger partial charge in [0.05, 0.1) is 17.4 Å². The van der Waals surface area contributed by atoms with Crippen molar-refractivity contribution in [1.82, 2.24) is 14.3 Å². The molecular formula is C22H25FN4O2. The highest BCUT2D eigenvalue weighted by Gasteiger charge is 2.23. The van der Waals surface area contributed by atoms with E-state index in [9.17, 15) is 14.0 Å². The van der Waals surface area contributed by atoms with E-state index in [2.05, 4.69) is 5.32 Å². The summed E-state index contributed by atoms with van der Waals surface area (Å²) in [5, 5.41) is 2.78. The Balaban J connectivity index is 1.79. The summed E-state index contributed by atoms with van der Waals surface area (Å²) >= 11 is 0. The van der Waals surface area contributed by atoms with Crippen LogP contribution in [-0.4, -0.2) is 33.3 Å². The molecule has 1 unspecified atom stereocenters. The molecule has 0 aliphatic carbocycles. The molecule has 1 atom stereocenters. The minimum atomic E-state index is -0.512. The molecule has 0 saturated carbocycles. The lowest BCUT2D eigenvalue weighted by Gasteiger charge is -2.23. The van der Waals surface area contributed by atoms with Crippen molar-refractivity contribution < 1.29 is 9.18 Å². The molecule has 0 saturated heterocycles. The van der Waals surface area contributed by atoms with Crippen LogP contribution in [0.2, 0.25) is 0 Å². The second-order valence-electron chi connectivity index (χ2n) is 7.15. The van der Waals surface area contributed by atoms with E-state index in [4.69, 9.17) is 0 Å². The summed E-state index contributed by atoms with van der Waals surface area (Å²) in [6, 6.07) is 15.0. The zero-order valence-corrected chi connectivity index (χ0v) is 17.0. The number of rotatable bonds is 6. The third kappa shape index (κ3) is 4.30. The van der Waals surface area contributed by atoms with Crippen LogP contribution < -0.4 is 10.9 Å². The fourth-order valence-corrected chi connectivity index (χ4v) is 3.20. The van der Waals surface area contributed by atoms with Gasteiger partial charge in [0.2, 0.25) is 5.91 Å². The Hall–Kier alpha value is -3.19. The monoisotopic (exact) mass is 396 g/mol. The van der Waals surface area contributed by atoms with Crippen molar-refractivity contribution in [1.29, 1.82) is 0 Å². The molecule has 3 rings (SSSR count). The van der Waals surface area contributed by atoms with Gasteiger partial charge in [0.1, 0.15) is 11.5 Å². The minimum Gasteiger partial charge on any atom is -0.319 e. The standard InChI is InChI=1S/C22H25FN4O2/c1-15-20(22(29)27(26(15)4)19-11-6-5-7-12-19)24-21(28)16(2)25(3)14-17-9-8-10-18(23)13-17/h5-13,16H,14H2,1-4H3,(H,24,28). The zero-order valence-electron chi connectivity index (χ0n) is 17.0. The maximum absolute atomic E-state index is 13.4. The fourth-order valence-electron chi connectivity index (χ4n) is 3.20. The first-order valence-electron chi connectivity index (χ1n) is 9.39. The fraction of sp³-hybridized carbons (Fsp3) is 0.273. The first-order chi connectivity index (χ1) is 13.8. The summed E-state index contributed by atoms with van der Waals surface area (Å²) in [6.07, 6.45) is 0. The number of hydrogen-bond donors (Lipinski definition) is 1. The number of amides is 1.